The van der Waals surface area contributed by atoms with Gasteiger partial charge in [0.25, 0.3) is 5.88 Å². The second kappa shape index (κ2) is 8.07. The molecule has 3 rings (SSSR count). The summed E-state index contributed by atoms with van der Waals surface area (Å²) in [7, 11) is 1.48. The molecule has 0 aliphatic rings. The first-order valence-corrected chi connectivity index (χ1v) is 8.56. The fourth-order valence-electron chi connectivity index (χ4n) is 1.92. The minimum atomic E-state index is -0.731. The summed E-state index contributed by atoms with van der Waals surface area (Å²) in [6.45, 7) is 1.91. The van der Waals surface area contributed by atoms with Gasteiger partial charge in [0.1, 0.15) is 0 Å². The molecule has 0 saturated heterocycles. The van der Waals surface area contributed by atoms with Crippen molar-refractivity contribution in [3.8, 4) is 17.4 Å². The van der Waals surface area contributed by atoms with Crippen molar-refractivity contribution in [2.24, 2.45) is 5.10 Å². The molecule has 3 aromatic rings. The summed E-state index contributed by atoms with van der Waals surface area (Å²) in [4.78, 5) is 11.5. The lowest BCUT2D eigenvalue weighted by Crippen LogP contribution is -1.97. The summed E-state index contributed by atoms with van der Waals surface area (Å²) in [5, 5.41) is 6.62. The van der Waals surface area contributed by atoms with Gasteiger partial charge in [0.15, 0.2) is 11.5 Å². The molecule has 10 heteroatoms. The molecule has 1 N–H and O–H groups in total. The lowest BCUT2D eigenvalue weighted by molar-refractivity contribution is 0.363. The molecule has 0 bridgehead atoms. The van der Waals surface area contributed by atoms with Crippen molar-refractivity contribution in [1.29, 1.82) is 0 Å². The average molecular weight is 394 g/mol. The van der Waals surface area contributed by atoms with Gasteiger partial charge in [0, 0.05) is 5.38 Å². The molecule has 0 aliphatic heterocycles. The van der Waals surface area contributed by atoms with Crippen molar-refractivity contribution < 1.29 is 13.9 Å². The van der Waals surface area contributed by atoms with E-state index in [0.717, 1.165) is 17.5 Å². The topological polar surface area (TPSA) is 81.5 Å². The van der Waals surface area contributed by atoms with Gasteiger partial charge in [-0.05, 0) is 42.3 Å². The maximum absolute atomic E-state index is 13.7. The van der Waals surface area contributed by atoms with Crippen molar-refractivity contribution in [3.05, 3.63) is 52.1 Å². The van der Waals surface area contributed by atoms with E-state index in [2.05, 4.69) is 25.5 Å². The number of benzene rings is 1. The molecule has 1 aromatic carbocycles. The highest BCUT2D eigenvalue weighted by Crippen LogP contribution is 2.32. The maximum atomic E-state index is 13.7. The Balaban J connectivity index is 1.75. The van der Waals surface area contributed by atoms with Gasteiger partial charge in [-0.25, -0.2) is 9.97 Å². The molecular weight excluding hydrogens is 381 g/mol. The molecule has 0 spiro atoms. The zero-order valence-electron chi connectivity index (χ0n) is 13.7. The van der Waals surface area contributed by atoms with Crippen LogP contribution in [0.1, 0.15) is 11.3 Å². The number of rotatable bonds is 6. The quantitative estimate of drug-likeness (QED) is 0.382. The van der Waals surface area contributed by atoms with Gasteiger partial charge in [-0.15, -0.1) is 11.3 Å². The number of nitrogens with zero attached hydrogens (tertiary/aromatic N) is 4. The Bertz CT molecular complexity index is 950. The van der Waals surface area contributed by atoms with E-state index >= 15 is 0 Å². The van der Waals surface area contributed by atoms with E-state index in [9.17, 15) is 4.39 Å². The van der Waals surface area contributed by atoms with Crippen LogP contribution < -0.4 is 14.9 Å². The van der Waals surface area contributed by atoms with Crippen molar-refractivity contribution in [1.82, 2.24) is 15.0 Å². The van der Waals surface area contributed by atoms with E-state index in [-0.39, 0.29) is 16.9 Å². The molecule has 2 aromatic heterocycles. The van der Waals surface area contributed by atoms with E-state index < -0.39 is 5.82 Å². The van der Waals surface area contributed by atoms with Crippen molar-refractivity contribution in [3.63, 3.8) is 0 Å². The van der Waals surface area contributed by atoms with Crippen LogP contribution in [0, 0.1) is 12.7 Å². The lowest BCUT2D eigenvalue weighted by Gasteiger charge is -2.10. The summed E-state index contributed by atoms with van der Waals surface area (Å²) in [6, 6.07) is 5.04. The largest absolute Gasteiger partial charge is 0.493 e. The molecule has 0 saturated carbocycles. The number of methoxy groups -OCH3 is 1. The number of aryl methyl sites for hydroxylation is 1. The van der Waals surface area contributed by atoms with Crippen molar-refractivity contribution in [2.45, 2.75) is 6.92 Å². The Labute approximate surface area is 157 Å². The van der Waals surface area contributed by atoms with Crippen LogP contribution in [-0.4, -0.2) is 28.3 Å². The first-order chi connectivity index (χ1) is 12.5. The first kappa shape index (κ1) is 18.0. The van der Waals surface area contributed by atoms with E-state index in [4.69, 9.17) is 21.1 Å². The predicted molar refractivity (Wildman–Crippen MR) is 98.1 cm³/mol. The Hall–Kier alpha value is -2.78. The fourth-order valence-corrected chi connectivity index (χ4v) is 2.69. The zero-order valence-corrected chi connectivity index (χ0v) is 15.3. The number of thiazole rings is 1. The number of anilines is 1. The van der Waals surface area contributed by atoms with Crippen LogP contribution in [0.3, 0.4) is 0 Å². The molecule has 134 valence electrons. The van der Waals surface area contributed by atoms with E-state index in [0.29, 0.717) is 10.9 Å². The maximum Gasteiger partial charge on any atom is 0.260 e. The lowest BCUT2D eigenvalue weighted by atomic mass is 10.2. The summed E-state index contributed by atoms with van der Waals surface area (Å²) < 4.78 is 24.4. The summed E-state index contributed by atoms with van der Waals surface area (Å²) >= 11 is 7.12. The normalized spacial score (nSPS) is 10.9. The van der Waals surface area contributed by atoms with Crippen LogP contribution in [0.2, 0.25) is 5.28 Å². The molecule has 0 aliphatic carbocycles. The third-order valence-corrected chi connectivity index (χ3v) is 4.12. The monoisotopic (exact) mass is 393 g/mol. The molecule has 26 heavy (non-hydrogen) atoms. The van der Waals surface area contributed by atoms with Gasteiger partial charge >= 0.3 is 0 Å². The summed E-state index contributed by atoms with van der Waals surface area (Å²) in [6.07, 6.45) is 2.54. The van der Waals surface area contributed by atoms with Gasteiger partial charge in [0.2, 0.25) is 16.2 Å². The van der Waals surface area contributed by atoms with Gasteiger partial charge < -0.3 is 9.47 Å². The Morgan fingerprint density at radius 2 is 2.15 bits per heavy atom. The van der Waals surface area contributed by atoms with Crippen molar-refractivity contribution >= 4 is 34.3 Å². The molecule has 7 nitrogen and oxygen atoms in total. The predicted octanol–water partition coefficient (Wildman–Crippen LogP) is 4.28. The Morgan fingerprint density at radius 1 is 1.31 bits per heavy atom. The second-order valence-electron chi connectivity index (χ2n) is 4.97. The number of hydrogen-bond acceptors (Lipinski definition) is 8. The summed E-state index contributed by atoms with van der Waals surface area (Å²) in [5.74, 6) is -0.356. The Morgan fingerprint density at radius 3 is 2.88 bits per heavy atom. The molecule has 0 radical (unpaired) electrons. The van der Waals surface area contributed by atoms with E-state index in [1.54, 1.807) is 24.4 Å². The second-order valence-corrected chi connectivity index (χ2v) is 6.16. The van der Waals surface area contributed by atoms with Crippen LogP contribution in [0.5, 0.6) is 17.4 Å². The highest BCUT2D eigenvalue weighted by molar-refractivity contribution is 7.13. The van der Waals surface area contributed by atoms with Gasteiger partial charge in [-0.2, -0.15) is 14.5 Å². The van der Waals surface area contributed by atoms with Crippen LogP contribution >= 0.6 is 22.9 Å². The van der Waals surface area contributed by atoms with Crippen LogP contribution in [0.4, 0.5) is 9.52 Å². The molecular formula is C16H13ClFN5O2S. The SMILES string of the molecule is COc1cc(C=NNc2nc(C)cs2)ccc1Oc1nc(Cl)ncc1F. The third kappa shape index (κ3) is 4.44. The van der Waals surface area contributed by atoms with Crippen LogP contribution in [-0.2, 0) is 0 Å². The van der Waals surface area contributed by atoms with Crippen LogP contribution in [0.25, 0.3) is 0 Å². The number of hydrazone groups is 1. The molecule has 0 atom stereocenters. The number of hydrogen-bond donors (Lipinski definition) is 1. The molecule has 0 fully saturated rings. The average Bonchev–Trinajstić information content (AvgIpc) is 3.04. The molecule has 0 amide bonds. The highest BCUT2D eigenvalue weighted by Gasteiger charge is 2.12. The summed E-state index contributed by atoms with van der Waals surface area (Å²) in [5.41, 5.74) is 4.51. The van der Waals surface area contributed by atoms with Gasteiger partial charge in [-0.1, -0.05) is 0 Å². The first-order valence-electron chi connectivity index (χ1n) is 7.30. The standard InChI is InChI=1S/C16H13ClFN5O2S/c1-9-8-26-16(21-9)23-20-6-10-3-4-12(13(5-10)24-2)25-14-11(18)7-19-15(17)22-14/h3-8H,1-2H3,(H,21,23). The Kier molecular flexibility index (Phi) is 5.59. The number of ether oxygens (including phenoxy) is 2. The van der Waals surface area contributed by atoms with E-state index in [1.165, 1.54) is 18.4 Å². The number of aromatic nitrogens is 3. The van der Waals surface area contributed by atoms with E-state index in [1.807, 2.05) is 12.3 Å². The third-order valence-electron chi connectivity index (χ3n) is 3.07. The zero-order chi connectivity index (χ0) is 18.5. The minimum absolute atomic E-state index is 0.118. The van der Waals surface area contributed by atoms with Crippen molar-refractivity contribution in [2.75, 3.05) is 12.5 Å². The number of nitrogens with one attached hydrogen (secondary N) is 1. The smallest absolute Gasteiger partial charge is 0.260 e. The molecule has 2 heterocycles. The fraction of sp³-hybridized carbons (Fsp3) is 0.125. The van der Waals surface area contributed by atoms with Crippen LogP contribution in [0.15, 0.2) is 34.9 Å². The van der Waals surface area contributed by atoms with Gasteiger partial charge in [0.05, 0.1) is 25.2 Å². The number of halogens is 2. The molecule has 0 unspecified atom stereocenters. The highest BCUT2D eigenvalue weighted by atomic mass is 35.5. The van der Waals surface area contributed by atoms with Gasteiger partial charge in [-0.3, -0.25) is 5.43 Å². The minimum Gasteiger partial charge on any atom is -0.493 e.